The van der Waals surface area contributed by atoms with Crippen LogP contribution in [0.4, 0.5) is 0 Å². The summed E-state index contributed by atoms with van der Waals surface area (Å²) in [6.07, 6.45) is 4.86. The number of sulfone groups is 1. The Hall–Kier alpha value is -1.44. The third-order valence-corrected chi connectivity index (χ3v) is 5.69. The van der Waals surface area contributed by atoms with Crippen LogP contribution < -0.4 is 0 Å². The Labute approximate surface area is 118 Å². The van der Waals surface area contributed by atoms with Crippen LogP contribution in [-0.4, -0.2) is 58.1 Å². The summed E-state index contributed by atoms with van der Waals surface area (Å²) in [5, 5.41) is 3.56. The van der Waals surface area contributed by atoms with Crippen molar-refractivity contribution in [2.45, 2.75) is 38.0 Å². The summed E-state index contributed by atoms with van der Waals surface area (Å²) in [5.41, 5.74) is 0. The van der Waals surface area contributed by atoms with Gasteiger partial charge in [0.05, 0.1) is 11.3 Å². The van der Waals surface area contributed by atoms with E-state index >= 15 is 0 Å². The lowest BCUT2D eigenvalue weighted by Crippen LogP contribution is -2.44. The van der Waals surface area contributed by atoms with Crippen molar-refractivity contribution in [1.29, 1.82) is 0 Å². The number of carbonyl (C=O) groups excluding carboxylic acids is 1. The first-order chi connectivity index (χ1) is 9.40. The van der Waals surface area contributed by atoms with Crippen molar-refractivity contribution < 1.29 is 13.2 Å². The van der Waals surface area contributed by atoms with E-state index in [4.69, 9.17) is 0 Å². The number of likely N-dealkylation sites (tertiary alicyclic amines) is 1. The van der Waals surface area contributed by atoms with Crippen LogP contribution in [0.15, 0.2) is 12.7 Å². The van der Waals surface area contributed by atoms with Gasteiger partial charge in [-0.2, -0.15) is 5.10 Å². The topological polar surface area (TPSA) is 85.2 Å². The second-order valence-corrected chi connectivity index (χ2v) is 7.92. The van der Waals surface area contributed by atoms with E-state index in [-0.39, 0.29) is 11.9 Å². The predicted molar refractivity (Wildman–Crippen MR) is 73.8 cm³/mol. The number of carbonyl (C=O) groups is 1. The molecule has 0 radical (unpaired) electrons. The van der Waals surface area contributed by atoms with Crippen molar-refractivity contribution in [3.05, 3.63) is 12.7 Å². The highest BCUT2D eigenvalue weighted by atomic mass is 32.2. The molecule has 0 spiro atoms. The molecule has 2 heterocycles. The van der Waals surface area contributed by atoms with Gasteiger partial charge in [0.2, 0.25) is 5.91 Å². The number of hydrogen-bond donors (Lipinski definition) is 0. The van der Waals surface area contributed by atoms with Crippen molar-refractivity contribution in [2.24, 2.45) is 0 Å². The van der Waals surface area contributed by atoms with Crippen LogP contribution in [-0.2, 0) is 14.6 Å². The highest BCUT2D eigenvalue weighted by Crippen LogP contribution is 2.20. The number of aromatic nitrogens is 3. The number of rotatable bonds is 4. The molecule has 0 aliphatic carbocycles. The number of hydrogen-bond acceptors (Lipinski definition) is 5. The third-order valence-electron chi connectivity index (χ3n) is 3.60. The molecular formula is C12H20N4O3S. The first-order valence-electron chi connectivity index (χ1n) is 6.73. The first kappa shape index (κ1) is 15.0. The van der Waals surface area contributed by atoms with Gasteiger partial charge in [0.15, 0.2) is 9.84 Å². The van der Waals surface area contributed by atoms with E-state index in [2.05, 4.69) is 10.1 Å². The number of nitrogens with zero attached hydrogens (tertiary/aromatic N) is 4. The van der Waals surface area contributed by atoms with Crippen LogP contribution in [0, 0.1) is 0 Å². The summed E-state index contributed by atoms with van der Waals surface area (Å²) in [6.45, 7) is 4.29. The zero-order valence-corrected chi connectivity index (χ0v) is 12.6. The molecule has 2 rings (SSSR count). The van der Waals surface area contributed by atoms with Gasteiger partial charge in [0.1, 0.15) is 18.4 Å². The lowest BCUT2D eigenvalue weighted by atomic mass is 10.1. The molecule has 8 heteroatoms. The Morgan fingerprint density at radius 1 is 1.45 bits per heavy atom. The summed E-state index contributed by atoms with van der Waals surface area (Å²) in [7, 11) is -3.34. The maximum Gasteiger partial charge on any atom is 0.237 e. The van der Waals surface area contributed by atoms with E-state index in [9.17, 15) is 13.2 Å². The molecule has 1 aromatic heterocycles. The largest absolute Gasteiger partial charge is 0.340 e. The van der Waals surface area contributed by atoms with E-state index in [1.165, 1.54) is 6.33 Å². The van der Waals surface area contributed by atoms with Gasteiger partial charge in [0.25, 0.3) is 0 Å². The van der Waals surface area contributed by atoms with E-state index in [1.54, 1.807) is 29.8 Å². The molecule has 1 atom stereocenters. The van der Waals surface area contributed by atoms with Gasteiger partial charge in [-0.25, -0.2) is 18.1 Å². The normalized spacial score (nSPS) is 20.4. The highest BCUT2D eigenvalue weighted by molar-refractivity contribution is 7.92. The van der Waals surface area contributed by atoms with Crippen molar-refractivity contribution in [2.75, 3.05) is 18.8 Å². The summed E-state index contributed by atoms with van der Waals surface area (Å²) < 4.78 is 25.4. The molecule has 0 bridgehead atoms. The van der Waals surface area contributed by atoms with E-state index in [0.29, 0.717) is 13.1 Å². The molecule has 1 amide bonds. The second-order valence-electron chi connectivity index (χ2n) is 5.37. The fourth-order valence-corrected chi connectivity index (χ4v) is 3.09. The van der Waals surface area contributed by atoms with E-state index < -0.39 is 20.8 Å². The minimum absolute atomic E-state index is 0.0805. The van der Waals surface area contributed by atoms with E-state index in [1.807, 2.05) is 0 Å². The van der Waals surface area contributed by atoms with Crippen LogP contribution in [0.5, 0.6) is 0 Å². The van der Waals surface area contributed by atoms with Crippen molar-refractivity contribution >= 4 is 15.7 Å². The smallest absolute Gasteiger partial charge is 0.237 e. The quantitative estimate of drug-likeness (QED) is 0.796. The summed E-state index contributed by atoms with van der Waals surface area (Å²) >= 11 is 0. The fraction of sp³-hybridized carbons (Fsp3) is 0.750. The maximum atomic E-state index is 12.1. The minimum atomic E-state index is -3.34. The van der Waals surface area contributed by atoms with Crippen LogP contribution in [0.1, 0.15) is 32.7 Å². The van der Waals surface area contributed by atoms with Crippen molar-refractivity contribution in [3.8, 4) is 0 Å². The molecule has 1 aliphatic rings. The second kappa shape index (κ2) is 5.90. The molecular weight excluding hydrogens is 280 g/mol. The Balaban J connectivity index is 2.00. The Bertz CT molecular complexity index is 553. The predicted octanol–water partition coefficient (Wildman–Crippen LogP) is 0.265. The highest BCUT2D eigenvalue weighted by Gasteiger charge is 2.29. The lowest BCUT2D eigenvalue weighted by molar-refractivity contribution is -0.130. The van der Waals surface area contributed by atoms with Gasteiger partial charge in [-0.05, 0) is 26.7 Å². The maximum absolute atomic E-state index is 12.1. The van der Waals surface area contributed by atoms with Crippen molar-refractivity contribution in [3.63, 3.8) is 0 Å². The first-order valence-corrected chi connectivity index (χ1v) is 8.45. The summed E-state index contributed by atoms with van der Waals surface area (Å²) in [5.74, 6) is -0.724. The van der Waals surface area contributed by atoms with Gasteiger partial charge >= 0.3 is 0 Å². The van der Waals surface area contributed by atoms with Crippen LogP contribution >= 0.6 is 0 Å². The molecule has 112 valence electrons. The standard InChI is InChI=1S/C12H20N4O3S/c1-10(2)20(18,19)7-12(17)15-5-3-4-11(6-15)16-9-13-8-14-16/h8-11H,3-7H2,1-2H3/t11-/m1/s1. The minimum Gasteiger partial charge on any atom is -0.340 e. The molecule has 1 saturated heterocycles. The molecule has 0 saturated carbocycles. The van der Waals surface area contributed by atoms with Crippen LogP contribution in [0.2, 0.25) is 0 Å². The van der Waals surface area contributed by atoms with Crippen LogP contribution in [0.3, 0.4) is 0 Å². The molecule has 20 heavy (non-hydrogen) atoms. The number of amides is 1. The van der Waals surface area contributed by atoms with Gasteiger partial charge in [-0.1, -0.05) is 0 Å². The Morgan fingerprint density at radius 3 is 2.80 bits per heavy atom. The van der Waals surface area contributed by atoms with Gasteiger partial charge in [-0.15, -0.1) is 0 Å². The monoisotopic (exact) mass is 300 g/mol. The summed E-state index contributed by atoms with van der Waals surface area (Å²) in [4.78, 5) is 17.7. The molecule has 1 aromatic rings. The van der Waals surface area contributed by atoms with Crippen molar-refractivity contribution in [1.82, 2.24) is 19.7 Å². The average Bonchev–Trinajstić information content (AvgIpc) is 2.92. The fourth-order valence-electron chi connectivity index (χ4n) is 2.23. The SMILES string of the molecule is CC(C)S(=O)(=O)CC(=O)N1CCC[C@@H](n2cncn2)C1. The van der Waals surface area contributed by atoms with Gasteiger partial charge in [-0.3, -0.25) is 4.79 Å². The number of piperidine rings is 1. The Morgan fingerprint density at radius 2 is 2.20 bits per heavy atom. The lowest BCUT2D eigenvalue weighted by Gasteiger charge is -2.32. The molecule has 1 aliphatic heterocycles. The molecule has 0 unspecified atom stereocenters. The molecule has 0 aromatic carbocycles. The molecule has 7 nitrogen and oxygen atoms in total. The summed E-state index contributed by atoms with van der Waals surface area (Å²) in [6, 6.07) is 0.0805. The average molecular weight is 300 g/mol. The third kappa shape index (κ3) is 3.36. The Kier molecular flexibility index (Phi) is 4.42. The molecule has 1 fully saturated rings. The van der Waals surface area contributed by atoms with Gasteiger partial charge in [0, 0.05) is 13.1 Å². The zero-order valence-electron chi connectivity index (χ0n) is 11.8. The van der Waals surface area contributed by atoms with E-state index in [0.717, 1.165) is 12.8 Å². The molecule has 0 N–H and O–H groups in total. The van der Waals surface area contributed by atoms with Crippen LogP contribution in [0.25, 0.3) is 0 Å². The van der Waals surface area contributed by atoms with Gasteiger partial charge < -0.3 is 4.90 Å². The zero-order chi connectivity index (χ0) is 14.8.